The predicted molar refractivity (Wildman–Crippen MR) is 121 cm³/mol. The summed E-state index contributed by atoms with van der Waals surface area (Å²) in [5.41, 5.74) is 3.90. The van der Waals surface area contributed by atoms with Gasteiger partial charge in [0.05, 0.1) is 36.5 Å². The third-order valence-electron chi connectivity index (χ3n) is 4.81. The van der Waals surface area contributed by atoms with Crippen molar-refractivity contribution in [1.82, 2.24) is 9.78 Å². The van der Waals surface area contributed by atoms with Gasteiger partial charge in [0.15, 0.2) is 0 Å². The van der Waals surface area contributed by atoms with Crippen LogP contribution in [0.1, 0.15) is 38.9 Å². The molecule has 0 spiro atoms. The van der Waals surface area contributed by atoms with Gasteiger partial charge in [-0.2, -0.15) is 5.10 Å². The minimum atomic E-state index is -0.408. The van der Waals surface area contributed by atoms with Crippen LogP contribution in [0.2, 0.25) is 0 Å². The van der Waals surface area contributed by atoms with Gasteiger partial charge in [0, 0.05) is 12.7 Å². The van der Waals surface area contributed by atoms with E-state index in [9.17, 15) is 9.59 Å². The van der Waals surface area contributed by atoms with Crippen LogP contribution in [0.15, 0.2) is 48.7 Å². The Hall–Kier alpha value is -3.65. The van der Waals surface area contributed by atoms with Gasteiger partial charge in [0.25, 0.3) is 5.91 Å². The molecule has 1 amide bonds. The van der Waals surface area contributed by atoms with Crippen molar-refractivity contribution in [1.29, 1.82) is 0 Å². The molecule has 0 aliphatic rings. The van der Waals surface area contributed by atoms with Crippen molar-refractivity contribution < 1.29 is 23.8 Å². The first kappa shape index (κ1) is 23.0. The topological polar surface area (TPSA) is 91.7 Å². The summed E-state index contributed by atoms with van der Waals surface area (Å²) >= 11 is 0. The summed E-state index contributed by atoms with van der Waals surface area (Å²) < 4.78 is 17.4. The average Bonchev–Trinajstić information content (AvgIpc) is 3.17. The standard InChI is InChI=1S/C24H27N3O5/c1-5-31-24(29)20-15-25-27(17(20)3)19-9-7-18(8-10-19)23(28)26-21-11-6-16(2)14-22(21)32-13-12-30-4/h6-11,14-15H,5,12-13H2,1-4H3,(H,26,28). The quantitative estimate of drug-likeness (QED) is 0.403. The number of hydrogen-bond donors (Lipinski definition) is 1. The first-order valence-corrected chi connectivity index (χ1v) is 10.3. The molecule has 0 aliphatic carbocycles. The van der Waals surface area contributed by atoms with Crippen LogP contribution in [0, 0.1) is 13.8 Å². The number of anilines is 1. The molecule has 3 rings (SSSR count). The van der Waals surface area contributed by atoms with Crippen LogP contribution < -0.4 is 10.1 Å². The van der Waals surface area contributed by atoms with Gasteiger partial charge in [-0.05, 0) is 62.7 Å². The van der Waals surface area contributed by atoms with Crippen molar-refractivity contribution in [3.8, 4) is 11.4 Å². The molecule has 0 fully saturated rings. The van der Waals surface area contributed by atoms with Crippen LogP contribution in [0.25, 0.3) is 5.69 Å². The SMILES string of the molecule is CCOC(=O)c1cnn(-c2ccc(C(=O)Nc3ccc(C)cc3OCCOC)cc2)c1C. The number of nitrogens with one attached hydrogen (secondary N) is 1. The van der Waals surface area contributed by atoms with Crippen LogP contribution in [0.3, 0.4) is 0 Å². The van der Waals surface area contributed by atoms with Gasteiger partial charge in [0.1, 0.15) is 17.9 Å². The molecule has 0 atom stereocenters. The van der Waals surface area contributed by atoms with Crippen molar-refractivity contribution in [2.45, 2.75) is 20.8 Å². The van der Waals surface area contributed by atoms with Crippen molar-refractivity contribution in [3.63, 3.8) is 0 Å². The number of amides is 1. The van der Waals surface area contributed by atoms with E-state index >= 15 is 0 Å². The van der Waals surface area contributed by atoms with Gasteiger partial charge in [-0.3, -0.25) is 4.79 Å². The Kier molecular flexibility index (Phi) is 7.62. The number of aromatic nitrogens is 2. The van der Waals surface area contributed by atoms with Crippen molar-refractivity contribution >= 4 is 17.6 Å². The number of ether oxygens (including phenoxy) is 3. The molecule has 8 nitrogen and oxygen atoms in total. The molecule has 0 bridgehead atoms. The van der Waals surface area contributed by atoms with Gasteiger partial charge in [0.2, 0.25) is 0 Å². The van der Waals surface area contributed by atoms with Crippen molar-refractivity contribution in [2.24, 2.45) is 0 Å². The molecule has 1 heterocycles. The molecule has 8 heteroatoms. The number of carbonyl (C=O) groups excluding carboxylic acids is 2. The Balaban J connectivity index is 1.75. The maximum absolute atomic E-state index is 12.8. The number of rotatable bonds is 9. The number of hydrogen-bond acceptors (Lipinski definition) is 6. The number of aryl methyl sites for hydroxylation is 1. The van der Waals surface area contributed by atoms with Crippen molar-refractivity contribution in [3.05, 3.63) is 71.0 Å². The van der Waals surface area contributed by atoms with E-state index in [4.69, 9.17) is 14.2 Å². The Morgan fingerprint density at radius 1 is 1.06 bits per heavy atom. The molecule has 0 saturated heterocycles. The lowest BCUT2D eigenvalue weighted by molar-refractivity contribution is 0.0525. The van der Waals surface area contributed by atoms with Crippen LogP contribution in [-0.4, -0.2) is 48.6 Å². The second-order valence-corrected chi connectivity index (χ2v) is 7.12. The smallest absolute Gasteiger partial charge is 0.341 e. The van der Waals surface area contributed by atoms with E-state index in [0.717, 1.165) is 11.3 Å². The number of esters is 1. The summed E-state index contributed by atoms with van der Waals surface area (Å²) in [4.78, 5) is 24.8. The lowest BCUT2D eigenvalue weighted by Gasteiger charge is -2.13. The first-order valence-electron chi connectivity index (χ1n) is 10.3. The summed E-state index contributed by atoms with van der Waals surface area (Å²) in [7, 11) is 1.61. The van der Waals surface area contributed by atoms with E-state index < -0.39 is 5.97 Å². The van der Waals surface area contributed by atoms with Gasteiger partial charge in [-0.25, -0.2) is 9.48 Å². The Morgan fingerprint density at radius 3 is 2.50 bits per heavy atom. The normalized spacial score (nSPS) is 10.6. The van der Waals surface area contributed by atoms with Crippen LogP contribution in [0.4, 0.5) is 5.69 Å². The molecule has 1 N–H and O–H groups in total. The lowest BCUT2D eigenvalue weighted by Crippen LogP contribution is -2.14. The molecular weight excluding hydrogens is 410 g/mol. The predicted octanol–water partition coefficient (Wildman–Crippen LogP) is 3.94. The maximum atomic E-state index is 12.8. The molecule has 3 aromatic rings. The maximum Gasteiger partial charge on any atom is 0.341 e. The van der Waals surface area contributed by atoms with E-state index in [0.29, 0.717) is 48.1 Å². The average molecular weight is 437 g/mol. The van der Waals surface area contributed by atoms with E-state index in [1.165, 1.54) is 6.20 Å². The summed E-state index contributed by atoms with van der Waals surface area (Å²) in [6, 6.07) is 12.5. The fourth-order valence-corrected chi connectivity index (χ4v) is 3.11. The molecule has 0 aliphatic heterocycles. The van der Waals surface area contributed by atoms with E-state index in [2.05, 4.69) is 10.4 Å². The molecule has 2 aromatic carbocycles. The summed E-state index contributed by atoms with van der Waals surface area (Å²) in [6.07, 6.45) is 1.48. The largest absolute Gasteiger partial charge is 0.489 e. The van der Waals surface area contributed by atoms with Gasteiger partial charge >= 0.3 is 5.97 Å². The highest BCUT2D eigenvalue weighted by atomic mass is 16.5. The third kappa shape index (κ3) is 5.33. The first-order chi connectivity index (χ1) is 15.4. The number of methoxy groups -OCH3 is 1. The number of carbonyl (C=O) groups is 2. The molecule has 0 unspecified atom stereocenters. The molecular formula is C24H27N3O5. The molecule has 32 heavy (non-hydrogen) atoms. The van der Waals surface area contributed by atoms with Crippen LogP contribution in [-0.2, 0) is 9.47 Å². The van der Waals surface area contributed by atoms with Crippen LogP contribution >= 0.6 is 0 Å². The highest BCUT2D eigenvalue weighted by Crippen LogP contribution is 2.26. The van der Waals surface area contributed by atoms with Crippen LogP contribution in [0.5, 0.6) is 5.75 Å². The van der Waals surface area contributed by atoms with E-state index in [1.54, 1.807) is 49.9 Å². The monoisotopic (exact) mass is 437 g/mol. The summed E-state index contributed by atoms with van der Waals surface area (Å²) in [5.74, 6) is -0.0825. The highest BCUT2D eigenvalue weighted by molar-refractivity contribution is 6.05. The number of nitrogens with zero attached hydrogens (tertiary/aromatic N) is 2. The minimum absolute atomic E-state index is 0.263. The van der Waals surface area contributed by atoms with E-state index in [-0.39, 0.29) is 5.91 Å². The van der Waals surface area contributed by atoms with Gasteiger partial charge in [-0.15, -0.1) is 0 Å². The van der Waals surface area contributed by atoms with E-state index in [1.807, 2.05) is 25.1 Å². The minimum Gasteiger partial charge on any atom is -0.489 e. The fourth-order valence-electron chi connectivity index (χ4n) is 3.11. The molecule has 1 aromatic heterocycles. The van der Waals surface area contributed by atoms with Gasteiger partial charge in [-0.1, -0.05) is 6.07 Å². The second kappa shape index (κ2) is 10.6. The zero-order chi connectivity index (χ0) is 23.1. The Labute approximate surface area is 187 Å². The van der Waals surface area contributed by atoms with Crippen molar-refractivity contribution in [2.75, 3.05) is 32.2 Å². The lowest BCUT2D eigenvalue weighted by atomic mass is 10.1. The zero-order valence-electron chi connectivity index (χ0n) is 18.7. The highest BCUT2D eigenvalue weighted by Gasteiger charge is 2.17. The second-order valence-electron chi connectivity index (χ2n) is 7.12. The summed E-state index contributed by atoms with van der Waals surface area (Å²) in [5, 5.41) is 7.17. The third-order valence-corrected chi connectivity index (χ3v) is 4.81. The fraction of sp³-hybridized carbons (Fsp3) is 0.292. The summed E-state index contributed by atoms with van der Waals surface area (Å²) in [6.45, 7) is 6.64. The zero-order valence-corrected chi connectivity index (χ0v) is 18.7. The molecule has 168 valence electrons. The molecule has 0 radical (unpaired) electrons. The Morgan fingerprint density at radius 2 is 1.81 bits per heavy atom. The van der Waals surface area contributed by atoms with Gasteiger partial charge < -0.3 is 19.5 Å². The number of benzene rings is 2. The Bertz CT molecular complexity index is 1090. The molecule has 0 saturated carbocycles.